The van der Waals surface area contributed by atoms with Crippen LogP contribution in [0.15, 0.2) is 24.3 Å². The first-order chi connectivity index (χ1) is 9.25. The zero-order valence-electron chi connectivity index (χ0n) is 11.5. The van der Waals surface area contributed by atoms with Crippen LogP contribution in [0.2, 0.25) is 0 Å². The lowest BCUT2D eigenvalue weighted by Gasteiger charge is -2.37. The van der Waals surface area contributed by atoms with Crippen molar-refractivity contribution in [1.29, 1.82) is 0 Å². The minimum Gasteiger partial charge on any atom is -0.381 e. The van der Waals surface area contributed by atoms with Crippen molar-refractivity contribution >= 4 is 18.3 Å². The Labute approximate surface area is 125 Å². The maximum absolute atomic E-state index is 12.8. The molecule has 4 nitrogen and oxygen atoms in total. The van der Waals surface area contributed by atoms with E-state index in [4.69, 9.17) is 10.5 Å². The molecule has 1 aromatic rings. The molecule has 1 aromatic carbocycles. The number of ether oxygens (including phenoxy) is 1. The minimum atomic E-state index is -0.402. The third-order valence-electron chi connectivity index (χ3n) is 4.42. The first kappa shape index (κ1) is 15.3. The number of nitrogens with zero attached hydrogens (tertiary/aromatic N) is 1. The Kier molecular flexibility index (Phi) is 4.68. The van der Waals surface area contributed by atoms with Gasteiger partial charge in [0, 0.05) is 32.8 Å². The molecule has 20 heavy (non-hydrogen) atoms. The summed E-state index contributed by atoms with van der Waals surface area (Å²) in [6.45, 7) is 3.14. The molecule has 2 heterocycles. The summed E-state index contributed by atoms with van der Waals surface area (Å²) in [7, 11) is 0. The average molecular weight is 297 g/mol. The van der Waals surface area contributed by atoms with E-state index in [1.54, 1.807) is 0 Å². The van der Waals surface area contributed by atoms with Gasteiger partial charge in [0.1, 0.15) is 0 Å². The zero-order valence-corrected chi connectivity index (χ0v) is 12.3. The van der Waals surface area contributed by atoms with Crippen LogP contribution in [0, 0.1) is 5.41 Å². The number of hydrogen-bond acceptors (Lipinski definition) is 3. The van der Waals surface area contributed by atoms with Crippen LogP contribution in [0.25, 0.3) is 0 Å². The second kappa shape index (κ2) is 6.12. The van der Waals surface area contributed by atoms with E-state index >= 15 is 0 Å². The van der Waals surface area contributed by atoms with Gasteiger partial charge in [-0.15, -0.1) is 12.4 Å². The number of nitrogens with two attached hydrogens (primary N) is 1. The van der Waals surface area contributed by atoms with Gasteiger partial charge in [-0.25, -0.2) is 0 Å². The van der Waals surface area contributed by atoms with Crippen LogP contribution >= 0.6 is 12.4 Å². The Hall–Kier alpha value is -1.10. The van der Waals surface area contributed by atoms with Crippen LogP contribution in [0.4, 0.5) is 0 Å². The summed E-state index contributed by atoms with van der Waals surface area (Å²) in [4.78, 5) is 14.8. The fourth-order valence-electron chi connectivity index (χ4n) is 3.08. The van der Waals surface area contributed by atoms with Crippen LogP contribution in [-0.4, -0.2) is 30.6 Å². The molecule has 0 atom stereocenters. The molecule has 1 amide bonds. The molecule has 5 heteroatoms. The Morgan fingerprint density at radius 1 is 1.20 bits per heavy atom. The SMILES string of the molecule is Cl.NCC1(C(=O)N2Cc3ccccc3C2)CCOCC1. The highest BCUT2D eigenvalue weighted by atomic mass is 35.5. The van der Waals surface area contributed by atoms with Crippen LogP contribution < -0.4 is 5.73 Å². The second-order valence-electron chi connectivity index (χ2n) is 5.53. The van der Waals surface area contributed by atoms with Crippen molar-refractivity contribution in [2.75, 3.05) is 19.8 Å². The van der Waals surface area contributed by atoms with Crippen molar-refractivity contribution < 1.29 is 9.53 Å². The molecular weight excluding hydrogens is 276 g/mol. The summed E-state index contributed by atoms with van der Waals surface area (Å²) in [6, 6.07) is 8.25. The van der Waals surface area contributed by atoms with Gasteiger partial charge in [-0.1, -0.05) is 24.3 Å². The van der Waals surface area contributed by atoms with Gasteiger partial charge in [0.05, 0.1) is 5.41 Å². The summed E-state index contributed by atoms with van der Waals surface area (Å²) in [5.74, 6) is 0.203. The largest absolute Gasteiger partial charge is 0.381 e. The summed E-state index contributed by atoms with van der Waals surface area (Å²) in [5.41, 5.74) is 8.02. The third kappa shape index (κ3) is 2.55. The highest BCUT2D eigenvalue weighted by Crippen LogP contribution is 2.34. The average Bonchev–Trinajstić information content (AvgIpc) is 2.91. The molecule has 0 aliphatic carbocycles. The third-order valence-corrected chi connectivity index (χ3v) is 4.42. The zero-order chi connectivity index (χ0) is 13.3. The van der Waals surface area contributed by atoms with Crippen LogP contribution in [0.1, 0.15) is 24.0 Å². The normalized spacial score (nSPS) is 20.1. The van der Waals surface area contributed by atoms with Crippen molar-refractivity contribution in [2.45, 2.75) is 25.9 Å². The van der Waals surface area contributed by atoms with E-state index in [9.17, 15) is 4.79 Å². The van der Waals surface area contributed by atoms with Crippen LogP contribution in [0.5, 0.6) is 0 Å². The fraction of sp³-hybridized carbons (Fsp3) is 0.533. The molecule has 0 unspecified atom stereocenters. The van der Waals surface area contributed by atoms with Gasteiger partial charge in [-0.2, -0.15) is 0 Å². The quantitative estimate of drug-likeness (QED) is 0.904. The van der Waals surface area contributed by atoms with E-state index in [1.165, 1.54) is 11.1 Å². The van der Waals surface area contributed by atoms with Gasteiger partial charge in [-0.3, -0.25) is 4.79 Å². The Bertz CT molecular complexity index is 462. The van der Waals surface area contributed by atoms with E-state index in [-0.39, 0.29) is 18.3 Å². The maximum atomic E-state index is 12.8. The lowest BCUT2D eigenvalue weighted by molar-refractivity contribution is -0.147. The summed E-state index contributed by atoms with van der Waals surface area (Å²) < 4.78 is 5.37. The number of rotatable bonds is 2. The maximum Gasteiger partial charge on any atom is 0.230 e. The van der Waals surface area contributed by atoms with E-state index in [2.05, 4.69) is 12.1 Å². The smallest absolute Gasteiger partial charge is 0.230 e. The van der Waals surface area contributed by atoms with E-state index in [0.29, 0.717) is 19.8 Å². The van der Waals surface area contributed by atoms with Gasteiger partial charge >= 0.3 is 0 Å². The Balaban J connectivity index is 0.00000147. The van der Waals surface area contributed by atoms with Crippen molar-refractivity contribution in [3.05, 3.63) is 35.4 Å². The lowest BCUT2D eigenvalue weighted by Crippen LogP contribution is -2.49. The predicted octanol–water partition coefficient (Wildman–Crippen LogP) is 1.71. The number of benzene rings is 1. The molecule has 0 aromatic heterocycles. The standard InChI is InChI=1S/C15H20N2O2.ClH/c16-11-15(5-7-19-8-6-15)14(18)17-9-12-3-1-2-4-13(12)10-17;/h1-4H,5-11,16H2;1H. The molecule has 110 valence electrons. The topological polar surface area (TPSA) is 55.6 Å². The Morgan fingerprint density at radius 3 is 2.25 bits per heavy atom. The van der Waals surface area contributed by atoms with Crippen molar-refractivity contribution in [3.8, 4) is 0 Å². The van der Waals surface area contributed by atoms with Gasteiger partial charge in [0.15, 0.2) is 0 Å². The number of hydrogen-bond donors (Lipinski definition) is 1. The molecule has 3 rings (SSSR count). The molecule has 0 bridgehead atoms. The van der Waals surface area contributed by atoms with Gasteiger partial charge in [0.2, 0.25) is 5.91 Å². The predicted molar refractivity (Wildman–Crippen MR) is 79.5 cm³/mol. The van der Waals surface area contributed by atoms with E-state index in [0.717, 1.165) is 25.9 Å². The van der Waals surface area contributed by atoms with Crippen molar-refractivity contribution in [2.24, 2.45) is 11.1 Å². The molecule has 0 saturated carbocycles. The van der Waals surface area contributed by atoms with Gasteiger partial charge in [-0.05, 0) is 24.0 Å². The summed E-state index contributed by atoms with van der Waals surface area (Å²) in [6.07, 6.45) is 1.49. The number of carbonyl (C=O) groups is 1. The molecular formula is C15H21ClN2O2. The highest BCUT2D eigenvalue weighted by Gasteiger charge is 2.42. The molecule has 0 spiro atoms. The number of fused-ring (bicyclic) bond motifs is 1. The highest BCUT2D eigenvalue weighted by molar-refractivity contribution is 5.85. The number of amides is 1. The number of halogens is 1. The summed E-state index contributed by atoms with van der Waals surface area (Å²) >= 11 is 0. The van der Waals surface area contributed by atoms with Gasteiger partial charge in [0.25, 0.3) is 0 Å². The first-order valence-corrected chi connectivity index (χ1v) is 6.89. The monoisotopic (exact) mass is 296 g/mol. The minimum absolute atomic E-state index is 0. The molecule has 1 saturated heterocycles. The van der Waals surface area contributed by atoms with Crippen molar-refractivity contribution in [1.82, 2.24) is 4.90 Å². The molecule has 0 radical (unpaired) electrons. The molecule has 2 N–H and O–H groups in total. The van der Waals surface area contributed by atoms with Crippen molar-refractivity contribution in [3.63, 3.8) is 0 Å². The first-order valence-electron chi connectivity index (χ1n) is 6.89. The van der Waals surface area contributed by atoms with Crippen LogP contribution in [0.3, 0.4) is 0 Å². The lowest BCUT2D eigenvalue weighted by atomic mass is 9.79. The van der Waals surface area contributed by atoms with E-state index < -0.39 is 5.41 Å². The molecule has 2 aliphatic rings. The fourth-order valence-corrected chi connectivity index (χ4v) is 3.08. The van der Waals surface area contributed by atoms with Crippen LogP contribution in [-0.2, 0) is 22.6 Å². The van der Waals surface area contributed by atoms with E-state index in [1.807, 2.05) is 17.0 Å². The second-order valence-corrected chi connectivity index (χ2v) is 5.53. The molecule has 1 fully saturated rings. The summed E-state index contributed by atoms with van der Waals surface area (Å²) in [5, 5.41) is 0. The molecule has 2 aliphatic heterocycles. The number of carbonyl (C=O) groups excluding carboxylic acids is 1. The van der Waals surface area contributed by atoms with Gasteiger partial charge < -0.3 is 15.4 Å². The Morgan fingerprint density at radius 2 is 1.75 bits per heavy atom.